The molecule has 1 saturated carbocycles. The molecule has 0 heterocycles. The fourth-order valence-corrected chi connectivity index (χ4v) is 3.36. The first-order valence-electron chi connectivity index (χ1n) is 9.34. The fraction of sp³-hybridized carbons (Fsp3) is 0.700. The number of unbranched alkanes of at least 4 members (excludes halogenated alkanes) is 1. The lowest BCUT2D eigenvalue weighted by Crippen LogP contribution is -2.44. The Bertz CT molecular complexity index is 478. The fourth-order valence-electron chi connectivity index (χ4n) is 3.36. The quantitative estimate of drug-likeness (QED) is 0.657. The van der Waals surface area contributed by atoms with E-state index in [0.29, 0.717) is 12.1 Å². The SMILES string of the molecule is CCCCN[C@@H]1CCCCC1OCCc1ccc(OC)c(OC)c1. The maximum absolute atomic E-state index is 6.23. The van der Waals surface area contributed by atoms with Gasteiger partial charge in [0.05, 0.1) is 26.9 Å². The van der Waals surface area contributed by atoms with E-state index in [-0.39, 0.29) is 0 Å². The van der Waals surface area contributed by atoms with Crippen molar-refractivity contribution in [2.75, 3.05) is 27.4 Å². The summed E-state index contributed by atoms with van der Waals surface area (Å²) in [5, 5.41) is 3.69. The van der Waals surface area contributed by atoms with E-state index in [9.17, 15) is 0 Å². The van der Waals surface area contributed by atoms with Gasteiger partial charge in [0.1, 0.15) is 0 Å². The van der Waals surface area contributed by atoms with Crippen LogP contribution in [0.1, 0.15) is 51.0 Å². The third-order valence-electron chi connectivity index (χ3n) is 4.81. The molecule has 1 aromatic rings. The van der Waals surface area contributed by atoms with Crippen LogP contribution in [-0.4, -0.2) is 39.5 Å². The smallest absolute Gasteiger partial charge is 0.160 e. The second-order valence-electron chi connectivity index (χ2n) is 6.55. The third kappa shape index (κ3) is 5.67. The zero-order valence-corrected chi connectivity index (χ0v) is 15.5. The van der Waals surface area contributed by atoms with E-state index in [1.807, 2.05) is 12.1 Å². The van der Waals surface area contributed by atoms with Gasteiger partial charge in [-0.3, -0.25) is 0 Å². The first-order valence-corrected chi connectivity index (χ1v) is 9.34. The van der Waals surface area contributed by atoms with Gasteiger partial charge in [-0.2, -0.15) is 0 Å². The first kappa shape index (κ1) is 19.1. The molecule has 1 N–H and O–H groups in total. The van der Waals surface area contributed by atoms with Crippen LogP contribution in [0.2, 0.25) is 0 Å². The lowest BCUT2D eigenvalue weighted by atomic mass is 9.92. The van der Waals surface area contributed by atoms with Gasteiger partial charge >= 0.3 is 0 Å². The number of hydrogen-bond donors (Lipinski definition) is 1. The van der Waals surface area contributed by atoms with E-state index in [1.54, 1.807) is 14.2 Å². The van der Waals surface area contributed by atoms with Gasteiger partial charge in [-0.1, -0.05) is 32.3 Å². The maximum atomic E-state index is 6.23. The standard InChI is InChI=1S/C20H33NO3/c1-4-5-13-21-17-8-6-7-9-18(17)24-14-12-16-10-11-19(22-2)20(15-16)23-3/h10-11,15,17-18,21H,4-9,12-14H2,1-3H3/t17-,18?/m1/s1. The molecule has 0 bridgehead atoms. The lowest BCUT2D eigenvalue weighted by Gasteiger charge is -2.32. The molecule has 2 rings (SSSR count). The summed E-state index contributed by atoms with van der Waals surface area (Å²) in [7, 11) is 3.34. The number of rotatable bonds is 10. The molecule has 24 heavy (non-hydrogen) atoms. The van der Waals surface area contributed by atoms with Crippen molar-refractivity contribution in [2.45, 2.75) is 64.0 Å². The summed E-state index contributed by atoms with van der Waals surface area (Å²) < 4.78 is 16.9. The normalized spacial score (nSPS) is 20.8. The molecule has 136 valence electrons. The highest BCUT2D eigenvalue weighted by Gasteiger charge is 2.24. The summed E-state index contributed by atoms with van der Waals surface area (Å²) in [6, 6.07) is 6.61. The van der Waals surface area contributed by atoms with Crippen LogP contribution < -0.4 is 14.8 Å². The molecule has 0 spiro atoms. The molecule has 1 aromatic carbocycles. The average Bonchev–Trinajstić information content (AvgIpc) is 2.63. The van der Waals surface area contributed by atoms with Gasteiger partial charge in [0.25, 0.3) is 0 Å². The van der Waals surface area contributed by atoms with Gasteiger partial charge in [-0.25, -0.2) is 0 Å². The summed E-state index contributed by atoms with van der Waals surface area (Å²) >= 11 is 0. The topological polar surface area (TPSA) is 39.7 Å². The summed E-state index contributed by atoms with van der Waals surface area (Å²) in [6.07, 6.45) is 8.76. The molecule has 0 aromatic heterocycles. The molecule has 1 aliphatic rings. The number of methoxy groups -OCH3 is 2. The molecule has 2 atom stereocenters. The van der Waals surface area contributed by atoms with Crippen molar-refractivity contribution in [1.29, 1.82) is 0 Å². The third-order valence-corrected chi connectivity index (χ3v) is 4.81. The van der Waals surface area contributed by atoms with Crippen molar-refractivity contribution in [1.82, 2.24) is 5.32 Å². The first-order chi connectivity index (χ1) is 11.8. The summed E-state index contributed by atoms with van der Waals surface area (Å²) in [4.78, 5) is 0. The van der Waals surface area contributed by atoms with E-state index in [1.165, 1.54) is 44.1 Å². The maximum Gasteiger partial charge on any atom is 0.160 e. The van der Waals surface area contributed by atoms with Crippen molar-refractivity contribution in [3.63, 3.8) is 0 Å². The zero-order valence-electron chi connectivity index (χ0n) is 15.5. The minimum Gasteiger partial charge on any atom is -0.493 e. The summed E-state index contributed by atoms with van der Waals surface area (Å²) in [6.45, 7) is 4.10. The van der Waals surface area contributed by atoms with Crippen molar-refractivity contribution in [3.05, 3.63) is 23.8 Å². The Kier molecular flexibility index (Phi) is 8.40. The van der Waals surface area contributed by atoms with Crippen LogP contribution in [0.3, 0.4) is 0 Å². The van der Waals surface area contributed by atoms with E-state index < -0.39 is 0 Å². The van der Waals surface area contributed by atoms with Crippen molar-refractivity contribution >= 4 is 0 Å². The highest BCUT2D eigenvalue weighted by Crippen LogP contribution is 2.28. The average molecular weight is 335 g/mol. The molecule has 1 unspecified atom stereocenters. The largest absolute Gasteiger partial charge is 0.493 e. The number of hydrogen-bond acceptors (Lipinski definition) is 4. The van der Waals surface area contributed by atoms with Gasteiger partial charge in [-0.15, -0.1) is 0 Å². The highest BCUT2D eigenvalue weighted by atomic mass is 16.5. The Labute approximate surface area is 146 Å². The van der Waals surface area contributed by atoms with Gasteiger partial charge < -0.3 is 19.5 Å². The Morgan fingerprint density at radius 2 is 1.88 bits per heavy atom. The Morgan fingerprint density at radius 1 is 1.08 bits per heavy atom. The molecule has 1 fully saturated rings. The number of ether oxygens (including phenoxy) is 3. The van der Waals surface area contributed by atoms with Crippen molar-refractivity contribution in [2.24, 2.45) is 0 Å². The Balaban J connectivity index is 1.81. The molecule has 0 aliphatic heterocycles. The highest BCUT2D eigenvalue weighted by molar-refractivity contribution is 5.42. The molecular formula is C20H33NO3. The second-order valence-corrected chi connectivity index (χ2v) is 6.55. The van der Waals surface area contributed by atoms with Crippen LogP contribution in [0, 0.1) is 0 Å². The second kappa shape index (κ2) is 10.6. The van der Waals surface area contributed by atoms with Gasteiger partial charge in [0.2, 0.25) is 0 Å². The van der Waals surface area contributed by atoms with Crippen LogP contribution in [0.4, 0.5) is 0 Å². The van der Waals surface area contributed by atoms with Crippen LogP contribution in [-0.2, 0) is 11.2 Å². The van der Waals surface area contributed by atoms with Gasteiger partial charge in [0, 0.05) is 6.04 Å². The van der Waals surface area contributed by atoms with E-state index in [2.05, 4.69) is 18.3 Å². The van der Waals surface area contributed by atoms with E-state index in [0.717, 1.165) is 31.1 Å². The van der Waals surface area contributed by atoms with Crippen molar-refractivity contribution in [3.8, 4) is 11.5 Å². The van der Waals surface area contributed by atoms with E-state index >= 15 is 0 Å². The molecule has 0 saturated heterocycles. The predicted molar refractivity (Wildman–Crippen MR) is 98.2 cm³/mol. The Morgan fingerprint density at radius 3 is 2.62 bits per heavy atom. The summed E-state index contributed by atoms with van der Waals surface area (Å²) in [5.74, 6) is 1.56. The molecule has 0 radical (unpaired) electrons. The lowest BCUT2D eigenvalue weighted by molar-refractivity contribution is 0.00676. The van der Waals surface area contributed by atoms with Crippen LogP contribution in [0.5, 0.6) is 11.5 Å². The number of benzene rings is 1. The van der Waals surface area contributed by atoms with E-state index in [4.69, 9.17) is 14.2 Å². The monoisotopic (exact) mass is 335 g/mol. The van der Waals surface area contributed by atoms with Gasteiger partial charge in [0.15, 0.2) is 11.5 Å². The molecular weight excluding hydrogens is 302 g/mol. The molecule has 1 aliphatic carbocycles. The Hall–Kier alpha value is -1.26. The van der Waals surface area contributed by atoms with Crippen molar-refractivity contribution < 1.29 is 14.2 Å². The zero-order chi connectivity index (χ0) is 17.2. The van der Waals surface area contributed by atoms with Crippen LogP contribution in [0.25, 0.3) is 0 Å². The van der Waals surface area contributed by atoms with Gasteiger partial charge in [-0.05, 0) is 49.9 Å². The molecule has 4 nitrogen and oxygen atoms in total. The molecule has 0 amide bonds. The predicted octanol–water partition coefficient (Wildman–Crippen LogP) is 3.96. The molecule has 4 heteroatoms. The van der Waals surface area contributed by atoms with Crippen LogP contribution in [0.15, 0.2) is 18.2 Å². The minimum atomic E-state index is 0.357. The number of nitrogens with one attached hydrogen (secondary N) is 1. The minimum absolute atomic E-state index is 0.357. The summed E-state index contributed by atoms with van der Waals surface area (Å²) in [5.41, 5.74) is 1.22. The van der Waals surface area contributed by atoms with Crippen LogP contribution >= 0.6 is 0 Å².